The summed E-state index contributed by atoms with van der Waals surface area (Å²) in [4.78, 5) is 24.5. The van der Waals surface area contributed by atoms with E-state index in [1.54, 1.807) is 36.4 Å². The largest absolute Gasteiger partial charge is 0.455 e. The smallest absolute Gasteiger partial charge is 0.338 e. The van der Waals surface area contributed by atoms with E-state index < -0.39 is 18.5 Å². The van der Waals surface area contributed by atoms with Gasteiger partial charge in [-0.3, -0.25) is 4.79 Å². The fourth-order valence-electron chi connectivity index (χ4n) is 2.73. The average molecular weight is 426 g/mol. The number of anilines is 1. The van der Waals surface area contributed by atoms with Crippen molar-refractivity contribution < 1.29 is 28.5 Å². The van der Waals surface area contributed by atoms with Crippen LogP contribution in [-0.2, 0) is 9.53 Å². The van der Waals surface area contributed by atoms with Crippen LogP contribution in [0.3, 0.4) is 0 Å². The van der Waals surface area contributed by atoms with E-state index in [2.05, 4.69) is 5.32 Å². The molecule has 0 fully saturated rings. The summed E-state index contributed by atoms with van der Waals surface area (Å²) in [6.45, 7) is -0.381. The number of benzene rings is 3. The summed E-state index contributed by atoms with van der Waals surface area (Å²) < 4.78 is 21.3. The first-order valence-corrected chi connectivity index (χ1v) is 9.35. The molecule has 0 unspecified atom stereocenters. The van der Waals surface area contributed by atoms with E-state index in [0.29, 0.717) is 33.7 Å². The summed E-state index contributed by atoms with van der Waals surface area (Å²) in [6, 6.07) is 18.6. The van der Waals surface area contributed by atoms with Crippen molar-refractivity contribution in [3.8, 4) is 23.0 Å². The van der Waals surface area contributed by atoms with Crippen LogP contribution in [0.2, 0.25) is 5.02 Å². The van der Waals surface area contributed by atoms with Gasteiger partial charge in [0.25, 0.3) is 5.91 Å². The minimum absolute atomic E-state index is 0.100. The first kappa shape index (κ1) is 19.6. The Morgan fingerprint density at radius 1 is 0.967 bits per heavy atom. The van der Waals surface area contributed by atoms with Crippen molar-refractivity contribution in [3.05, 3.63) is 77.3 Å². The minimum atomic E-state index is -0.657. The lowest BCUT2D eigenvalue weighted by Gasteiger charge is -2.13. The van der Waals surface area contributed by atoms with Crippen LogP contribution in [-0.4, -0.2) is 25.3 Å². The third-order valence-electron chi connectivity index (χ3n) is 4.13. The number of halogens is 1. The van der Waals surface area contributed by atoms with Gasteiger partial charge in [-0.15, -0.1) is 0 Å². The standard InChI is InChI=1S/C22H16ClNO6/c23-15-7-9-18(30-16-4-2-1-3-5-16)17(11-15)24-21(25)12-27-22(26)14-6-8-19-20(10-14)29-13-28-19/h1-11H,12-13H2,(H,24,25). The van der Waals surface area contributed by atoms with Gasteiger partial charge in [0.15, 0.2) is 23.9 Å². The van der Waals surface area contributed by atoms with E-state index in [4.69, 9.17) is 30.5 Å². The summed E-state index contributed by atoms with van der Waals surface area (Å²) >= 11 is 6.04. The number of carbonyl (C=O) groups is 2. The van der Waals surface area contributed by atoms with Gasteiger partial charge < -0.3 is 24.3 Å². The van der Waals surface area contributed by atoms with Gasteiger partial charge in [-0.2, -0.15) is 0 Å². The van der Waals surface area contributed by atoms with Gasteiger partial charge in [0, 0.05) is 5.02 Å². The minimum Gasteiger partial charge on any atom is -0.455 e. The molecule has 0 spiro atoms. The fourth-order valence-corrected chi connectivity index (χ4v) is 2.90. The lowest BCUT2D eigenvalue weighted by atomic mass is 10.2. The van der Waals surface area contributed by atoms with E-state index in [1.165, 1.54) is 12.1 Å². The van der Waals surface area contributed by atoms with Crippen LogP contribution in [0, 0.1) is 0 Å². The van der Waals surface area contributed by atoms with Crippen LogP contribution >= 0.6 is 11.6 Å². The third kappa shape index (κ3) is 4.64. The molecule has 1 aliphatic heterocycles. The molecule has 0 atom stereocenters. The molecule has 0 radical (unpaired) electrons. The molecule has 3 aromatic carbocycles. The normalized spacial score (nSPS) is 11.6. The molecule has 1 heterocycles. The molecule has 0 aliphatic carbocycles. The van der Waals surface area contributed by atoms with E-state index in [0.717, 1.165) is 0 Å². The topological polar surface area (TPSA) is 83.1 Å². The van der Waals surface area contributed by atoms with Gasteiger partial charge in [0.05, 0.1) is 11.3 Å². The number of esters is 1. The van der Waals surface area contributed by atoms with Crippen LogP contribution in [0.4, 0.5) is 5.69 Å². The second-order valence-electron chi connectivity index (χ2n) is 6.25. The van der Waals surface area contributed by atoms with Crippen LogP contribution < -0.4 is 19.5 Å². The Kier molecular flexibility index (Phi) is 5.72. The molecule has 152 valence electrons. The Hall–Kier alpha value is -3.71. The number of nitrogens with one attached hydrogen (secondary N) is 1. The molecule has 1 aliphatic rings. The molecule has 4 rings (SSSR count). The molecular formula is C22H16ClNO6. The average Bonchev–Trinajstić information content (AvgIpc) is 3.22. The molecule has 3 aromatic rings. The Morgan fingerprint density at radius 2 is 1.77 bits per heavy atom. The zero-order valence-electron chi connectivity index (χ0n) is 15.6. The van der Waals surface area contributed by atoms with Crippen molar-refractivity contribution in [2.45, 2.75) is 0 Å². The highest BCUT2D eigenvalue weighted by molar-refractivity contribution is 6.31. The highest BCUT2D eigenvalue weighted by atomic mass is 35.5. The SMILES string of the molecule is O=C(COC(=O)c1ccc2c(c1)OCO2)Nc1cc(Cl)ccc1Oc1ccccc1. The molecule has 30 heavy (non-hydrogen) atoms. The van der Waals surface area contributed by atoms with Crippen molar-refractivity contribution in [2.75, 3.05) is 18.7 Å². The van der Waals surface area contributed by atoms with E-state index in [-0.39, 0.29) is 12.4 Å². The van der Waals surface area contributed by atoms with Crippen LogP contribution in [0.5, 0.6) is 23.0 Å². The number of fused-ring (bicyclic) bond motifs is 1. The number of rotatable bonds is 6. The molecule has 7 nitrogen and oxygen atoms in total. The summed E-state index contributed by atoms with van der Waals surface area (Å²) in [6.07, 6.45) is 0. The lowest BCUT2D eigenvalue weighted by molar-refractivity contribution is -0.119. The van der Waals surface area contributed by atoms with Crippen molar-refractivity contribution in [1.29, 1.82) is 0 Å². The predicted molar refractivity (Wildman–Crippen MR) is 109 cm³/mol. The quantitative estimate of drug-likeness (QED) is 0.578. The van der Waals surface area contributed by atoms with Crippen molar-refractivity contribution in [2.24, 2.45) is 0 Å². The van der Waals surface area contributed by atoms with E-state index in [1.807, 2.05) is 18.2 Å². The first-order valence-electron chi connectivity index (χ1n) is 8.97. The zero-order chi connectivity index (χ0) is 20.9. The molecule has 0 bridgehead atoms. The predicted octanol–water partition coefficient (Wildman–Crippen LogP) is 4.66. The van der Waals surface area contributed by atoms with Gasteiger partial charge in [-0.25, -0.2) is 4.79 Å². The van der Waals surface area contributed by atoms with Crippen LogP contribution in [0.15, 0.2) is 66.7 Å². The highest BCUT2D eigenvalue weighted by Crippen LogP contribution is 2.33. The Bertz CT molecular complexity index is 1090. The summed E-state index contributed by atoms with van der Waals surface area (Å²) in [7, 11) is 0. The summed E-state index contributed by atoms with van der Waals surface area (Å²) in [5, 5.41) is 3.07. The molecule has 0 aromatic heterocycles. The number of hydrogen-bond donors (Lipinski definition) is 1. The molecule has 8 heteroatoms. The van der Waals surface area contributed by atoms with Gasteiger partial charge in [-0.05, 0) is 48.5 Å². The second-order valence-corrected chi connectivity index (χ2v) is 6.68. The number of hydrogen-bond acceptors (Lipinski definition) is 6. The van der Waals surface area contributed by atoms with E-state index in [9.17, 15) is 9.59 Å². The Morgan fingerprint density at radius 3 is 2.60 bits per heavy atom. The van der Waals surface area contributed by atoms with Crippen LogP contribution in [0.25, 0.3) is 0 Å². The summed E-state index contributed by atoms with van der Waals surface area (Å²) in [5.74, 6) is 0.817. The maximum absolute atomic E-state index is 12.3. The number of amides is 1. The van der Waals surface area contributed by atoms with Gasteiger partial charge in [-0.1, -0.05) is 29.8 Å². The molecule has 1 amide bonds. The van der Waals surface area contributed by atoms with Crippen molar-refractivity contribution in [1.82, 2.24) is 0 Å². The molecular weight excluding hydrogens is 410 g/mol. The molecule has 1 N–H and O–H groups in total. The number of ether oxygens (including phenoxy) is 4. The van der Waals surface area contributed by atoms with Gasteiger partial charge in [0.2, 0.25) is 6.79 Å². The first-order chi connectivity index (χ1) is 14.6. The zero-order valence-corrected chi connectivity index (χ0v) is 16.3. The maximum Gasteiger partial charge on any atom is 0.338 e. The Balaban J connectivity index is 1.39. The Labute approximate surface area is 177 Å². The van der Waals surface area contributed by atoms with E-state index >= 15 is 0 Å². The summed E-state index contributed by atoms with van der Waals surface area (Å²) in [5.41, 5.74) is 0.610. The van der Waals surface area contributed by atoms with Crippen molar-refractivity contribution in [3.63, 3.8) is 0 Å². The van der Waals surface area contributed by atoms with Crippen molar-refractivity contribution >= 4 is 29.2 Å². The lowest BCUT2D eigenvalue weighted by Crippen LogP contribution is -2.21. The number of carbonyl (C=O) groups excluding carboxylic acids is 2. The fraction of sp³-hybridized carbons (Fsp3) is 0.0909. The molecule has 0 saturated carbocycles. The number of para-hydroxylation sites is 1. The molecule has 0 saturated heterocycles. The maximum atomic E-state index is 12.3. The third-order valence-corrected chi connectivity index (χ3v) is 4.36. The van der Waals surface area contributed by atoms with Crippen LogP contribution in [0.1, 0.15) is 10.4 Å². The van der Waals surface area contributed by atoms with Gasteiger partial charge in [0.1, 0.15) is 5.75 Å². The monoisotopic (exact) mass is 425 g/mol. The highest BCUT2D eigenvalue weighted by Gasteiger charge is 2.18. The second kappa shape index (κ2) is 8.75. The van der Waals surface area contributed by atoms with Gasteiger partial charge >= 0.3 is 5.97 Å².